The highest BCUT2D eigenvalue weighted by Crippen LogP contribution is 2.42. The Bertz CT molecular complexity index is 1360. The van der Waals surface area contributed by atoms with Crippen molar-refractivity contribution in [3.63, 3.8) is 0 Å². The molecule has 3 aliphatic heterocycles. The Labute approximate surface area is 215 Å². The maximum atomic E-state index is 10.2. The molecule has 0 bridgehead atoms. The number of pyridine rings is 1. The van der Waals surface area contributed by atoms with E-state index in [1.54, 1.807) is 7.11 Å². The predicted octanol–water partition coefficient (Wildman–Crippen LogP) is 4.94. The van der Waals surface area contributed by atoms with Gasteiger partial charge in [-0.25, -0.2) is 4.98 Å². The number of methoxy groups -OCH3 is 1. The fourth-order valence-corrected chi connectivity index (χ4v) is 5.70. The van der Waals surface area contributed by atoms with Gasteiger partial charge in [0.1, 0.15) is 30.2 Å². The van der Waals surface area contributed by atoms with Crippen molar-refractivity contribution >= 4 is 11.6 Å². The first-order chi connectivity index (χ1) is 17.6. The van der Waals surface area contributed by atoms with E-state index in [9.17, 15) is 5.26 Å². The van der Waals surface area contributed by atoms with Gasteiger partial charge in [-0.3, -0.25) is 4.90 Å². The van der Waals surface area contributed by atoms with Gasteiger partial charge in [0.05, 0.1) is 25.0 Å². The first-order valence-electron chi connectivity index (χ1n) is 12.1. The lowest BCUT2D eigenvalue weighted by molar-refractivity contribution is -0.0127. The number of aromatic nitrogens is 1. The smallest absolute Gasteiger partial charge is 0.161 e. The second-order valence-corrected chi connectivity index (χ2v) is 9.98. The molecule has 0 N–H and O–H groups in total. The standard InChI is InChI=1S/C28H26ClN3O4/c1-33-25-12-23(31-27(29)22(25)14-32-15-28(16-32)7-8-34-17-28)20-4-2-3-19(21(20)13-30)18-5-6-24-26(11-18)36-10-9-35-24/h2-6,11-12H,7-10,14-17H2,1H3. The zero-order chi connectivity index (χ0) is 24.7. The van der Waals surface area contributed by atoms with E-state index in [-0.39, 0.29) is 0 Å². The van der Waals surface area contributed by atoms with E-state index in [1.165, 1.54) is 0 Å². The highest BCUT2D eigenvalue weighted by Gasteiger charge is 2.45. The van der Waals surface area contributed by atoms with E-state index in [1.807, 2.05) is 42.5 Å². The molecular weight excluding hydrogens is 478 g/mol. The molecule has 0 atom stereocenters. The summed E-state index contributed by atoms with van der Waals surface area (Å²) < 4.78 is 22.7. The molecule has 4 heterocycles. The quantitative estimate of drug-likeness (QED) is 0.456. The zero-order valence-corrected chi connectivity index (χ0v) is 20.8. The molecule has 0 amide bonds. The number of nitrogens with zero attached hydrogens (tertiary/aromatic N) is 3. The van der Waals surface area contributed by atoms with Crippen molar-refractivity contribution in [2.24, 2.45) is 5.41 Å². The molecule has 1 aromatic heterocycles. The van der Waals surface area contributed by atoms with Crippen LogP contribution < -0.4 is 14.2 Å². The van der Waals surface area contributed by atoms with E-state index >= 15 is 0 Å². The molecule has 8 heteroatoms. The molecule has 0 unspecified atom stereocenters. The van der Waals surface area contributed by atoms with Gasteiger partial charge in [0.15, 0.2) is 11.5 Å². The van der Waals surface area contributed by atoms with Crippen LogP contribution in [0.5, 0.6) is 17.2 Å². The normalized spacial score (nSPS) is 18.0. The number of hydrogen-bond acceptors (Lipinski definition) is 7. The first-order valence-corrected chi connectivity index (χ1v) is 12.4. The van der Waals surface area contributed by atoms with Crippen molar-refractivity contribution in [3.05, 3.63) is 58.7 Å². The SMILES string of the molecule is COc1cc(-c2cccc(-c3ccc4c(c3)OCCO4)c2C#N)nc(Cl)c1CN1CC2(CCOC2)C1. The summed E-state index contributed by atoms with van der Waals surface area (Å²) >= 11 is 6.72. The van der Waals surface area contributed by atoms with Gasteiger partial charge in [0, 0.05) is 54.4 Å². The van der Waals surface area contributed by atoms with Crippen LogP contribution in [0.4, 0.5) is 0 Å². The van der Waals surface area contributed by atoms with Crippen molar-refractivity contribution in [2.75, 3.05) is 46.6 Å². The highest BCUT2D eigenvalue weighted by atomic mass is 35.5. The fraction of sp³-hybridized carbons (Fsp3) is 0.357. The number of ether oxygens (including phenoxy) is 4. The van der Waals surface area contributed by atoms with Crippen molar-refractivity contribution in [3.8, 4) is 45.7 Å². The van der Waals surface area contributed by atoms with Crippen LogP contribution in [0.25, 0.3) is 22.4 Å². The van der Waals surface area contributed by atoms with Crippen LogP contribution in [0, 0.1) is 16.7 Å². The van der Waals surface area contributed by atoms with Crippen LogP contribution in [0.3, 0.4) is 0 Å². The summed E-state index contributed by atoms with van der Waals surface area (Å²) in [5, 5.41) is 10.5. The van der Waals surface area contributed by atoms with Gasteiger partial charge in [0.2, 0.25) is 0 Å². The molecule has 2 saturated heterocycles. The third-order valence-electron chi connectivity index (χ3n) is 7.24. The predicted molar refractivity (Wildman–Crippen MR) is 136 cm³/mol. The summed E-state index contributed by atoms with van der Waals surface area (Å²) in [6.45, 7) is 5.36. The number of likely N-dealkylation sites (tertiary alicyclic amines) is 1. The number of rotatable bonds is 5. The summed E-state index contributed by atoms with van der Waals surface area (Å²) in [5.74, 6) is 2.06. The summed E-state index contributed by atoms with van der Waals surface area (Å²) in [6, 6.07) is 15.7. The largest absolute Gasteiger partial charge is 0.496 e. The Hall–Kier alpha value is -3.31. The average Bonchev–Trinajstić information content (AvgIpc) is 3.39. The van der Waals surface area contributed by atoms with Crippen molar-refractivity contribution in [1.29, 1.82) is 5.26 Å². The molecule has 0 aliphatic carbocycles. The van der Waals surface area contributed by atoms with Crippen LogP contribution in [-0.4, -0.2) is 56.5 Å². The molecule has 7 nitrogen and oxygen atoms in total. The van der Waals surface area contributed by atoms with Crippen LogP contribution in [0.1, 0.15) is 17.5 Å². The highest BCUT2D eigenvalue weighted by molar-refractivity contribution is 6.30. The molecule has 0 radical (unpaired) electrons. The molecular formula is C28H26ClN3O4. The Morgan fingerprint density at radius 3 is 2.64 bits per heavy atom. The second kappa shape index (κ2) is 9.29. The molecule has 3 aromatic rings. The lowest BCUT2D eigenvalue weighted by Gasteiger charge is -2.47. The van der Waals surface area contributed by atoms with Crippen molar-refractivity contribution < 1.29 is 18.9 Å². The lowest BCUT2D eigenvalue weighted by atomic mass is 9.79. The van der Waals surface area contributed by atoms with Gasteiger partial charge in [-0.1, -0.05) is 35.9 Å². The zero-order valence-electron chi connectivity index (χ0n) is 20.1. The summed E-state index contributed by atoms with van der Waals surface area (Å²) in [6.07, 6.45) is 1.11. The summed E-state index contributed by atoms with van der Waals surface area (Å²) in [4.78, 5) is 7.05. The van der Waals surface area contributed by atoms with Crippen molar-refractivity contribution in [1.82, 2.24) is 9.88 Å². The first kappa shape index (κ1) is 23.1. The third-order valence-corrected chi connectivity index (χ3v) is 7.56. The summed E-state index contributed by atoms with van der Waals surface area (Å²) in [7, 11) is 1.64. The van der Waals surface area contributed by atoms with Crippen LogP contribution in [-0.2, 0) is 11.3 Å². The second-order valence-electron chi connectivity index (χ2n) is 9.63. The number of benzene rings is 2. The van der Waals surface area contributed by atoms with E-state index in [0.717, 1.165) is 49.4 Å². The van der Waals surface area contributed by atoms with E-state index < -0.39 is 0 Å². The Balaban J connectivity index is 1.33. The summed E-state index contributed by atoms with van der Waals surface area (Å²) in [5.41, 5.74) is 4.62. The Morgan fingerprint density at radius 2 is 1.89 bits per heavy atom. The van der Waals surface area contributed by atoms with Gasteiger partial charge < -0.3 is 18.9 Å². The van der Waals surface area contributed by atoms with Crippen molar-refractivity contribution in [2.45, 2.75) is 13.0 Å². The average molecular weight is 504 g/mol. The lowest BCUT2D eigenvalue weighted by Crippen LogP contribution is -2.56. The maximum Gasteiger partial charge on any atom is 0.161 e. The Morgan fingerprint density at radius 1 is 1.08 bits per heavy atom. The van der Waals surface area contributed by atoms with Gasteiger partial charge in [-0.2, -0.15) is 5.26 Å². The van der Waals surface area contributed by atoms with Gasteiger partial charge in [-0.05, 0) is 24.1 Å². The number of hydrogen-bond donors (Lipinski definition) is 0. The molecule has 36 heavy (non-hydrogen) atoms. The minimum atomic E-state index is 0.295. The van der Waals surface area contributed by atoms with Crippen LogP contribution in [0.2, 0.25) is 5.15 Å². The molecule has 184 valence electrons. The van der Waals surface area contributed by atoms with Crippen LogP contribution in [0.15, 0.2) is 42.5 Å². The molecule has 1 spiro atoms. The van der Waals surface area contributed by atoms with Crippen LogP contribution >= 0.6 is 11.6 Å². The third kappa shape index (κ3) is 4.05. The van der Waals surface area contributed by atoms with E-state index in [0.29, 0.717) is 64.4 Å². The van der Waals surface area contributed by atoms with E-state index in [4.69, 9.17) is 35.5 Å². The molecule has 6 rings (SSSR count). The molecule has 2 aromatic carbocycles. The van der Waals surface area contributed by atoms with E-state index in [2.05, 4.69) is 11.0 Å². The molecule has 3 aliphatic rings. The molecule has 2 fully saturated rings. The van der Waals surface area contributed by atoms with Gasteiger partial charge >= 0.3 is 0 Å². The molecule has 0 saturated carbocycles. The maximum absolute atomic E-state index is 10.2. The van der Waals surface area contributed by atoms with Gasteiger partial charge in [0.25, 0.3) is 0 Å². The number of fused-ring (bicyclic) bond motifs is 1. The monoisotopic (exact) mass is 503 g/mol. The minimum Gasteiger partial charge on any atom is -0.496 e. The fourth-order valence-electron chi connectivity index (χ4n) is 5.46. The number of nitriles is 1. The number of halogens is 1. The Kier molecular flexibility index (Phi) is 5.96. The minimum absolute atomic E-state index is 0.295. The van der Waals surface area contributed by atoms with Gasteiger partial charge in [-0.15, -0.1) is 0 Å². The topological polar surface area (TPSA) is 76.8 Å².